The summed E-state index contributed by atoms with van der Waals surface area (Å²) in [6.45, 7) is 0. The molecule has 0 spiro atoms. The van der Waals surface area contributed by atoms with E-state index in [0.717, 1.165) is 11.6 Å². The second-order valence-corrected chi connectivity index (χ2v) is 5.46. The third kappa shape index (κ3) is 1.72. The number of rotatable bonds is 2. The fourth-order valence-corrected chi connectivity index (χ4v) is 3.15. The molecule has 2 aliphatic rings. The Morgan fingerprint density at radius 1 is 1.25 bits per heavy atom. The molecule has 3 heteroatoms. The van der Waals surface area contributed by atoms with Gasteiger partial charge in [0.05, 0.1) is 10.7 Å². The zero-order valence-electron chi connectivity index (χ0n) is 8.79. The van der Waals surface area contributed by atoms with Crippen LogP contribution in [0.15, 0.2) is 30.4 Å². The number of hydrogen-bond acceptors (Lipinski definition) is 1. The van der Waals surface area contributed by atoms with Crippen LogP contribution in [0, 0.1) is 11.8 Å². The summed E-state index contributed by atoms with van der Waals surface area (Å²) < 4.78 is 0. The number of halogens is 2. The van der Waals surface area contributed by atoms with Gasteiger partial charge >= 0.3 is 0 Å². The Balaban J connectivity index is 1.73. The Hall–Kier alpha value is -0.660. The second-order valence-electron chi connectivity index (χ2n) is 4.61. The molecule has 1 N–H and O–H groups in total. The van der Waals surface area contributed by atoms with Crippen LogP contribution in [0.5, 0.6) is 0 Å². The Morgan fingerprint density at radius 3 is 2.88 bits per heavy atom. The Morgan fingerprint density at radius 2 is 2.12 bits per heavy atom. The monoisotopic (exact) mass is 253 g/mol. The van der Waals surface area contributed by atoms with E-state index in [-0.39, 0.29) is 0 Å². The standard InChI is InChI=1S/C13H13Cl2N/c14-9-4-5-12(11(15)7-9)16-13-6-8-2-1-3-10(8)13/h1,3-5,7-8,10,13,16H,2,6H2. The molecule has 0 radical (unpaired) electrons. The van der Waals surface area contributed by atoms with Crippen molar-refractivity contribution in [3.63, 3.8) is 0 Å². The van der Waals surface area contributed by atoms with Gasteiger partial charge < -0.3 is 5.32 Å². The van der Waals surface area contributed by atoms with Gasteiger partial charge in [0.2, 0.25) is 0 Å². The van der Waals surface area contributed by atoms with Gasteiger partial charge in [0.15, 0.2) is 0 Å². The lowest BCUT2D eigenvalue weighted by Crippen LogP contribution is -2.43. The highest BCUT2D eigenvalue weighted by molar-refractivity contribution is 6.36. The number of anilines is 1. The van der Waals surface area contributed by atoms with Gasteiger partial charge in [-0.15, -0.1) is 0 Å². The van der Waals surface area contributed by atoms with E-state index < -0.39 is 0 Å². The highest BCUT2D eigenvalue weighted by atomic mass is 35.5. The molecule has 1 aromatic carbocycles. The lowest BCUT2D eigenvalue weighted by Gasteiger charge is -2.41. The molecule has 16 heavy (non-hydrogen) atoms. The van der Waals surface area contributed by atoms with Crippen LogP contribution in [-0.4, -0.2) is 6.04 Å². The van der Waals surface area contributed by atoms with Gasteiger partial charge in [-0.3, -0.25) is 0 Å². The largest absolute Gasteiger partial charge is 0.380 e. The summed E-state index contributed by atoms with van der Waals surface area (Å²) in [6, 6.07) is 6.15. The maximum atomic E-state index is 6.13. The Bertz CT molecular complexity index is 442. The summed E-state index contributed by atoms with van der Waals surface area (Å²) in [5.41, 5.74) is 0.995. The van der Waals surface area contributed by atoms with Crippen molar-refractivity contribution in [1.29, 1.82) is 0 Å². The lowest BCUT2D eigenvalue weighted by molar-refractivity contribution is 0.218. The van der Waals surface area contributed by atoms with Crippen molar-refractivity contribution in [3.05, 3.63) is 40.4 Å². The zero-order valence-corrected chi connectivity index (χ0v) is 10.3. The minimum Gasteiger partial charge on any atom is -0.380 e. The van der Waals surface area contributed by atoms with Gasteiger partial charge in [-0.1, -0.05) is 35.4 Å². The van der Waals surface area contributed by atoms with Crippen molar-refractivity contribution >= 4 is 28.9 Å². The van der Waals surface area contributed by atoms with Crippen LogP contribution in [0.25, 0.3) is 0 Å². The summed E-state index contributed by atoms with van der Waals surface area (Å²) in [4.78, 5) is 0. The molecular weight excluding hydrogens is 241 g/mol. The summed E-state index contributed by atoms with van der Waals surface area (Å²) in [6.07, 6.45) is 7.12. The maximum absolute atomic E-state index is 6.13. The minimum atomic E-state index is 0.544. The van der Waals surface area contributed by atoms with Crippen LogP contribution in [0.1, 0.15) is 12.8 Å². The fourth-order valence-electron chi connectivity index (χ4n) is 2.69. The highest BCUT2D eigenvalue weighted by Crippen LogP contribution is 2.44. The predicted octanol–water partition coefficient (Wildman–Crippen LogP) is 4.37. The van der Waals surface area contributed by atoms with Crippen molar-refractivity contribution < 1.29 is 0 Å². The van der Waals surface area contributed by atoms with Crippen molar-refractivity contribution in [3.8, 4) is 0 Å². The smallest absolute Gasteiger partial charge is 0.0652 e. The van der Waals surface area contributed by atoms with Crippen LogP contribution in [0.3, 0.4) is 0 Å². The van der Waals surface area contributed by atoms with Gasteiger partial charge in [-0.2, -0.15) is 0 Å². The van der Waals surface area contributed by atoms with Crippen molar-refractivity contribution in [2.45, 2.75) is 18.9 Å². The first-order valence-corrected chi connectivity index (χ1v) is 6.38. The number of allylic oxidation sites excluding steroid dienone is 1. The molecule has 0 aliphatic heterocycles. The van der Waals surface area contributed by atoms with E-state index >= 15 is 0 Å². The van der Waals surface area contributed by atoms with E-state index in [1.165, 1.54) is 12.8 Å². The molecular formula is C13H13Cl2N. The Kier molecular flexibility index (Phi) is 2.61. The quantitative estimate of drug-likeness (QED) is 0.773. The third-order valence-electron chi connectivity index (χ3n) is 3.63. The second kappa shape index (κ2) is 3.97. The molecule has 0 bridgehead atoms. The summed E-state index contributed by atoms with van der Waals surface area (Å²) in [7, 11) is 0. The molecule has 0 aromatic heterocycles. The fraction of sp³-hybridized carbons (Fsp3) is 0.385. The zero-order chi connectivity index (χ0) is 11.1. The van der Waals surface area contributed by atoms with E-state index in [4.69, 9.17) is 23.2 Å². The first-order valence-electron chi connectivity index (χ1n) is 5.62. The summed E-state index contributed by atoms with van der Waals surface area (Å²) in [5, 5.41) is 4.89. The van der Waals surface area contributed by atoms with Gasteiger partial charge in [-0.05, 0) is 37.0 Å². The number of benzene rings is 1. The van der Waals surface area contributed by atoms with Crippen LogP contribution in [-0.2, 0) is 0 Å². The minimum absolute atomic E-state index is 0.544. The summed E-state index contributed by atoms with van der Waals surface area (Å²) in [5.74, 6) is 1.57. The first-order chi connectivity index (χ1) is 7.74. The topological polar surface area (TPSA) is 12.0 Å². The number of hydrogen-bond donors (Lipinski definition) is 1. The third-order valence-corrected chi connectivity index (χ3v) is 4.18. The van der Waals surface area contributed by atoms with Crippen LogP contribution >= 0.6 is 23.2 Å². The van der Waals surface area contributed by atoms with E-state index in [1.54, 1.807) is 6.07 Å². The van der Waals surface area contributed by atoms with Gasteiger partial charge in [-0.25, -0.2) is 0 Å². The van der Waals surface area contributed by atoms with Gasteiger partial charge in [0, 0.05) is 17.0 Å². The molecule has 1 saturated carbocycles. The molecule has 1 aromatic rings. The van der Waals surface area contributed by atoms with E-state index in [9.17, 15) is 0 Å². The molecule has 84 valence electrons. The van der Waals surface area contributed by atoms with Crippen LogP contribution in [0.2, 0.25) is 10.0 Å². The highest BCUT2D eigenvalue weighted by Gasteiger charge is 2.40. The van der Waals surface area contributed by atoms with Gasteiger partial charge in [0.1, 0.15) is 0 Å². The lowest BCUT2D eigenvalue weighted by atomic mass is 9.71. The molecule has 3 atom stereocenters. The summed E-state index contributed by atoms with van der Waals surface area (Å²) >= 11 is 12.0. The van der Waals surface area contributed by atoms with Crippen LogP contribution in [0.4, 0.5) is 5.69 Å². The molecule has 0 amide bonds. The molecule has 1 nitrogen and oxygen atoms in total. The van der Waals surface area contributed by atoms with E-state index in [0.29, 0.717) is 22.0 Å². The molecule has 3 unspecified atom stereocenters. The molecule has 2 aliphatic carbocycles. The normalized spacial score (nSPS) is 31.0. The Labute approximate surface area is 105 Å². The number of nitrogens with one attached hydrogen (secondary N) is 1. The first kappa shape index (κ1) is 10.5. The molecule has 1 fully saturated rings. The van der Waals surface area contributed by atoms with E-state index in [2.05, 4.69) is 17.5 Å². The van der Waals surface area contributed by atoms with Crippen LogP contribution < -0.4 is 5.32 Å². The van der Waals surface area contributed by atoms with Gasteiger partial charge in [0.25, 0.3) is 0 Å². The average molecular weight is 254 g/mol. The van der Waals surface area contributed by atoms with Crippen molar-refractivity contribution in [2.75, 3.05) is 5.32 Å². The maximum Gasteiger partial charge on any atom is 0.0652 e. The predicted molar refractivity (Wildman–Crippen MR) is 69.2 cm³/mol. The molecule has 0 saturated heterocycles. The SMILES string of the molecule is Clc1ccc(NC2CC3CC=CC32)c(Cl)c1. The van der Waals surface area contributed by atoms with Crippen molar-refractivity contribution in [2.24, 2.45) is 11.8 Å². The molecule has 0 heterocycles. The average Bonchev–Trinajstić information content (AvgIpc) is 2.59. The number of fused-ring (bicyclic) bond motifs is 1. The van der Waals surface area contributed by atoms with E-state index in [1.807, 2.05) is 12.1 Å². The van der Waals surface area contributed by atoms with Crippen molar-refractivity contribution in [1.82, 2.24) is 0 Å². The molecule has 3 rings (SSSR count).